The number of hydrogen-bond acceptors (Lipinski definition) is 2. The summed E-state index contributed by atoms with van der Waals surface area (Å²) in [5.41, 5.74) is -0.0784. The van der Waals surface area contributed by atoms with Gasteiger partial charge in [-0.05, 0) is 56.7 Å². The number of nitrogens with zero attached hydrogens (tertiary/aromatic N) is 1. The number of allylic oxidation sites excluding steroid dienone is 1. The van der Waals surface area contributed by atoms with Crippen molar-refractivity contribution in [3.8, 4) is 11.8 Å². The standard InChI is InChI=1S/C19H19F2NS/c1-2-3-4-14-5-7-15(8-6-14)9-10-17-18(20)11-16(22-13-23)12-19(17)21/h2,11-12,14-15H,1,3-8H2. The predicted octanol–water partition coefficient (Wildman–Crippen LogP) is 5.82. The van der Waals surface area contributed by atoms with Gasteiger partial charge in [0.1, 0.15) is 11.6 Å². The molecule has 1 aromatic carbocycles. The summed E-state index contributed by atoms with van der Waals surface area (Å²) in [5.74, 6) is 5.23. The average Bonchev–Trinajstić information content (AvgIpc) is 2.53. The van der Waals surface area contributed by atoms with Crippen LogP contribution in [-0.4, -0.2) is 5.16 Å². The molecule has 4 heteroatoms. The van der Waals surface area contributed by atoms with Gasteiger partial charge in [0.25, 0.3) is 0 Å². The fraction of sp³-hybridized carbons (Fsp3) is 0.421. The maximum atomic E-state index is 13.9. The zero-order valence-electron chi connectivity index (χ0n) is 12.9. The fourth-order valence-corrected chi connectivity index (χ4v) is 3.03. The molecule has 0 atom stereocenters. The van der Waals surface area contributed by atoms with Gasteiger partial charge in [0, 0.05) is 18.1 Å². The van der Waals surface area contributed by atoms with Crippen LogP contribution in [0.15, 0.2) is 29.8 Å². The van der Waals surface area contributed by atoms with Crippen LogP contribution in [0.25, 0.3) is 0 Å². The number of thiocarbonyl (C=S) groups is 1. The Labute approximate surface area is 141 Å². The Balaban J connectivity index is 2.03. The largest absolute Gasteiger partial charge is 0.205 e. The van der Waals surface area contributed by atoms with Gasteiger partial charge in [-0.15, -0.1) is 6.58 Å². The quantitative estimate of drug-likeness (QED) is 0.293. The lowest BCUT2D eigenvalue weighted by molar-refractivity contribution is 0.303. The van der Waals surface area contributed by atoms with Crippen molar-refractivity contribution in [2.45, 2.75) is 38.5 Å². The number of isothiocyanates is 1. The van der Waals surface area contributed by atoms with Crippen LogP contribution in [-0.2, 0) is 0 Å². The molecule has 0 aromatic heterocycles. The van der Waals surface area contributed by atoms with Gasteiger partial charge in [0.15, 0.2) is 0 Å². The van der Waals surface area contributed by atoms with Gasteiger partial charge in [-0.1, -0.05) is 17.9 Å². The van der Waals surface area contributed by atoms with Gasteiger partial charge in [0.05, 0.1) is 16.4 Å². The minimum Gasteiger partial charge on any atom is -0.205 e. The molecule has 0 N–H and O–H groups in total. The molecule has 0 amide bonds. The summed E-state index contributed by atoms with van der Waals surface area (Å²) in [6, 6.07) is 2.25. The molecule has 1 aliphatic rings. The Morgan fingerprint density at radius 2 is 1.87 bits per heavy atom. The molecule has 1 aliphatic carbocycles. The van der Waals surface area contributed by atoms with E-state index in [1.807, 2.05) is 6.08 Å². The summed E-state index contributed by atoms with van der Waals surface area (Å²) in [6.45, 7) is 3.75. The van der Waals surface area contributed by atoms with E-state index in [-0.39, 0.29) is 17.2 Å². The molecule has 0 aliphatic heterocycles. The molecule has 0 bridgehead atoms. The predicted molar refractivity (Wildman–Crippen MR) is 92.8 cm³/mol. The van der Waals surface area contributed by atoms with Gasteiger partial charge < -0.3 is 0 Å². The highest BCUT2D eigenvalue weighted by atomic mass is 32.1. The summed E-state index contributed by atoms with van der Waals surface area (Å²) in [5, 5.41) is 2.09. The van der Waals surface area contributed by atoms with Crippen molar-refractivity contribution in [2.24, 2.45) is 16.8 Å². The summed E-state index contributed by atoms with van der Waals surface area (Å²) in [4.78, 5) is 3.58. The molecule has 0 heterocycles. The molecule has 1 nitrogen and oxygen atoms in total. The van der Waals surface area contributed by atoms with E-state index in [4.69, 9.17) is 0 Å². The Bertz CT molecular complexity index is 649. The van der Waals surface area contributed by atoms with Crippen LogP contribution < -0.4 is 0 Å². The third kappa shape index (κ3) is 5.10. The molecule has 0 unspecified atom stereocenters. The summed E-state index contributed by atoms with van der Waals surface area (Å²) >= 11 is 4.43. The average molecular weight is 331 g/mol. The number of hydrogen-bond donors (Lipinski definition) is 0. The van der Waals surface area contributed by atoms with Crippen molar-refractivity contribution >= 4 is 23.1 Å². The first kappa shape index (κ1) is 17.5. The molecular weight excluding hydrogens is 312 g/mol. The first-order valence-electron chi connectivity index (χ1n) is 7.83. The zero-order valence-corrected chi connectivity index (χ0v) is 13.8. The minimum atomic E-state index is -0.707. The SMILES string of the molecule is C=CCCC1CCC(C#Cc2c(F)cc(N=C=S)cc2F)CC1. The van der Waals surface area contributed by atoms with Crippen LogP contribution in [0.4, 0.5) is 14.5 Å². The van der Waals surface area contributed by atoms with Crippen molar-refractivity contribution in [1.29, 1.82) is 0 Å². The van der Waals surface area contributed by atoms with Gasteiger partial charge in [-0.2, -0.15) is 4.99 Å². The normalized spacial score (nSPS) is 20.1. The first-order chi connectivity index (χ1) is 11.1. The van der Waals surface area contributed by atoms with E-state index in [2.05, 4.69) is 40.8 Å². The number of aliphatic imine (C=N–C) groups is 1. The summed E-state index contributed by atoms with van der Waals surface area (Å²) < 4.78 is 27.8. The zero-order chi connectivity index (χ0) is 16.7. The first-order valence-corrected chi connectivity index (χ1v) is 8.24. The second kappa shape index (κ2) is 8.72. The van der Waals surface area contributed by atoms with Gasteiger partial charge in [0.2, 0.25) is 0 Å². The second-order valence-corrected chi connectivity index (χ2v) is 6.02. The molecule has 1 saturated carbocycles. The molecule has 1 fully saturated rings. The van der Waals surface area contributed by atoms with Crippen LogP contribution in [0.2, 0.25) is 0 Å². The maximum absolute atomic E-state index is 13.9. The lowest BCUT2D eigenvalue weighted by Gasteiger charge is -2.25. The highest BCUT2D eigenvalue weighted by molar-refractivity contribution is 7.78. The van der Waals surface area contributed by atoms with Gasteiger partial charge in [-0.25, -0.2) is 8.78 Å². The minimum absolute atomic E-state index is 0.114. The van der Waals surface area contributed by atoms with Crippen molar-refractivity contribution in [3.63, 3.8) is 0 Å². The molecule has 23 heavy (non-hydrogen) atoms. The molecule has 0 spiro atoms. The molecule has 0 saturated heterocycles. The van der Waals surface area contributed by atoms with E-state index in [1.165, 1.54) is 6.42 Å². The van der Waals surface area contributed by atoms with Crippen molar-refractivity contribution < 1.29 is 8.78 Å². The number of benzene rings is 1. The Morgan fingerprint density at radius 1 is 1.22 bits per heavy atom. The molecule has 2 rings (SSSR count). The molecular formula is C19H19F2NS. The van der Waals surface area contributed by atoms with Crippen molar-refractivity contribution in [2.75, 3.05) is 0 Å². The van der Waals surface area contributed by atoms with Crippen LogP contribution >= 0.6 is 12.2 Å². The van der Waals surface area contributed by atoms with Crippen LogP contribution in [0.1, 0.15) is 44.1 Å². The highest BCUT2D eigenvalue weighted by Crippen LogP contribution is 2.31. The monoisotopic (exact) mass is 331 g/mol. The van der Waals surface area contributed by atoms with E-state index in [1.54, 1.807) is 0 Å². The van der Waals surface area contributed by atoms with Crippen molar-refractivity contribution in [3.05, 3.63) is 42.0 Å². The van der Waals surface area contributed by atoms with E-state index in [9.17, 15) is 8.78 Å². The van der Waals surface area contributed by atoms with E-state index < -0.39 is 11.6 Å². The van der Waals surface area contributed by atoms with E-state index in [0.29, 0.717) is 0 Å². The third-order valence-corrected chi connectivity index (χ3v) is 4.32. The Morgan fingerprint density at radius 3 is 2.43 bits per heavy atom. The maximum Gasteiger partial charge on any atom is 0.143 e. The second-order valence-electron chi connectivity index (χ2n) is 5.84. The van der Waals surface area contributed by atoms with Gasteiger partial charge >= 0.3 is 0 Å². The van der Waals surface area contributed by atoms with Crippen molar-refractivity contribution in [1.82, 2.24) is 0 Å². The Kier molecular flexibility index (Phi) is 6.65. The van der Waals surface area contributed by atoms with Crippen LogP contribution in [0, 0.1) is 35.3 Å². The molecule has 1 aromatic rings. The number of halogens is 2. The van der Waals surface area contributed by atoms with E-state index in [0.717, 1.165) is 50.2 Å². The smallest absolute Gasteiger partial charge is 0.143 e. The molecule has 120 valence electrons. The van der Waals surface area contributed by atoms with E-state index >= 15 is 0 Å². The Hall–Kier alpha value is -1.82. The fourth-order valence-electron chi connectivity index (χ4n) is 2.92. The van der Waals surface area contributed by atoms with Crippen LogP contribution in [0.5, 0.6) is 0 Å². The van der Waals surface area contributed by atoms with Crippen LogP contribution in [0.3, 0.4) is 0 Å². The highest BCUT2D eigenvalue weighted by Gasteiger charge is 2.19. The molecule has 0 radical (unpaired) electrons. The lowest BCUT2D eigenvalue weighted by atomic mass is 9.80. The number of rotatable bonds is 4. The summed E-state index contributed by atoms with van der Waals surface area (Å²) in [7, 11) is 0. The summed E-state index contributed by atoms with van der Waals surface area (Å²) in [6.07, 6.45) is 8.41. The third-order valence-electron chi connectivity index (χ3n) is 4.23. The lowest BCUT2D eigenvalue weighted by Crippen LogP contribution is -2.13. The van der Waals surface area contributed by atoms with Gasteiger partial charge in [-0.3, -0.25) is 0 Å². The topological polar surface area (TPSA) is 12.4 Å².